The van der Waals surface area contributed by atoms with Crippen LogP contribution in [0.3, 0.4) is 0 Å². The van der Waals surface area contributed by atoms with Gasteiger partial charge < -0.3 is 4.74 Å². The molecule has 108 valence electrons. The molecule has 0 saturated carbocycles. The molecule has 0 radical (unpaired) electrons. The molecule has 0 saturated heterocycles. The van der Waals surface area contributed by atoms with Crippen LogP contribution in [0.5, 0.6) is 5.75 Å². The molecule has 2 rings (SSSR count). The van der Waals surface area contributed by atoms with Gasteiger partial charge in [0, 0.05) is 15.2 Å². The SMILES string of the molecule is O=C(COc1c(F)cccc1[N+](=O)[O-])c1ccc(I)cc1. The van der Waals surface area contributed by atoms with Crippen molar-refractivity contribution in [1.29, 1.82) is 0 Å². The fourth-order valence-corrected chi connectivity index (χ4v) is 2.00. The van der Waals surface area contributed by atoms with E-state index in [4.69, 9.17) is 4.74 Å². The van der Waals surface area contributed by atoms with E-state index in [1.54, 1.807) is 24.3 Å². The Hall–Kier alpha value is -2.03. The summed E-state index contributed by atoms with van der Waals surface area (Å²) >= 11 is 2.10. The van der Waals surface area contributed by atoms with Crippen molar-refractivity contribution >= 4 is 34.1 Å². The number of halogens is 2. The lowest BCUT2D eigenvalue weighted by Crippen LogP contribution is -2.13. The predicted octanol–water partition coefficient (Wildman–Crippen LogP) is 3.60. The van der Waals surface area contributed by atoms with Crippen LogP contribution in [0, 0.1) is 19.5 Å². The molecule has 0 bridgehead atoms. The first-order chi connectivity index (χ1) is 9.99. The number of carbonyl (C=O) groups excluding carboxylic acids is 1. The van der Waals surface area contributed by atoms with Gasteiger partial charge in [-0.1, -0.05) is 18.2 Å². The zero-order valence-electron chi connectivity index (χ0n) is 10.6. The Morgan fingerprint density at radius 1 is 1.24 bits per heavy atom. The number of nitro groups is 1. The molecule has 0 aromatic heterocycles. The largest absolute Gasteiger partial charge is 0.476 e. The molecule has 0 amide bonds. The Kier molecular flexibility index (Phi) is 4.84. The number of nitrogens with zero attached hydrogens (tertiary/aromatic N) is 1. The third-order valence-corrected chi connectivity index (χ3v) is 3.38. The summed E-state index contributed by atoms with van der Waals surface area (Å²) in [5.74, 6) is -1.79. The fourth-order valence-electron chi connectivity index (χ4n) is 1.64. The van der Waals surface area contributed by atoms with Crippen molar-refractivity contribution in [3.63, 3.8) is 0 Å². The minimum atomic E-state index is -0.875. The van der Waals surface area contributed by atoms with Gasteiger partial charge in [-0.2, -0.15) is 0 Å². The van der Waals surface area contributed by atoms with Gasteiger partial charge in [-0.3, -0.25) is 14.9 Å². The second kappa shape index (κ2) is 6.61. The monoisotopic (exact) mass is 401 g/mol. The maximum atomic E-state index is 13.6. The number of rotatable bonds is 5. The summed E-state index contributed by atoms with van der Waals surface area (Å²) in [6.45, 7) is -0.470. The summed E-state index contributed by atoms with van der Waals surface area (Å²) in [6, 6.07) is 10.1. The Bertz CT molecular complexity index is 688. The highest BCUT2D eigenvalue weighted by molar-refractivity contribution is 14.1. The topological polar surface area (TPSA) is 69.4 Å². The zero-order chi connectivity index (χ0) is 15.4. The first-order valence-electron chi connectivity index (χ1n) is 5.83. The molecule has 2 aromatic rings. The molecule has 0 fully saturated rings. The smallest absolute Gasteiger partial charge is 0.314 e. The lowest BCUT2D eigenvalue weighted by molar-refractivity contribution is -0.386. The van der Waals surface area contributed by atoms with E-state index in [1.165, 1.54) is 6.07 Å². The molecule has 0 heterocycles. The average molecular weight is 401 g/mol. The van der Waals surface area contributed by atoms with Crippen LogP contribution >= 0.6 is 22.6 Å². The third kappa shape index (κ3) is 3.75. The summed E-state index contributed by atoms with van der Waals surface area (Å²) < 4.78 is 19.5. The van der Waals surface area contributed by atoms with E-state index < -0.39 is 28.8 Å². The predicted molar refractivity (Wildman–Crippen MR) is 82.0 cm³/mol. The van der Waals surface area contributed by atoms with E-state index >= 15 is 0 Å². The molecule has 0 aliphatic carbocycles. The van der Waals surface area contributed by atoms with Crippen molar-refractivity contribution in [2.75, 3.05) is 6.61 Å². The van der Waals surface area contributed by atoms with Crippen LogP contribution < -0.4 is 4.74 Å². The summed E-state index contributed by atoms with van der Waals surface area (Å²) in [5, 5.41) is 10.8. The maximum absolute atomic E-state index is 13.6. The molecule has 2 aromatic carbocycles. The zero-order valence-corrected chi connectivity index (χ0v) is 12.7. The van der Waals surface area contributed by atoms with Crippen LogP contribution in [-0.2, 0) is 0 Å². The molecule has 21 heavy (non-hydrogen) atoms. The van der Waals surface area contributed by atoms with Crippen molar-refractivity contribution in [1.82, 2.24) is 0 Å². The van der Waals surface area contributed by atoms with Gasteiger partial charge >= 0.3 is 5.69 Å². The first kappa shape index (κ1) is 15.4. The molecule has 5 nitrogen and oxygen atoms in total. The van der Waals surface area contributed by atoms with Crippen LogP contribution in [0.25, 0.3) is 0 Å². The van der Waals surface area contributed by atoms with Crippen LogP contribution in [-0.4, -0.2) is 17.3 Å². The minimum Gasteiger partial charge on any atom is -0.476 e. The van der Waals surface area contributed by atoms with E-state index in [0.29, 0.717) is 5.56 Å². The van der Waals surface area contributed by atoms with Gasteiger partial charge in [-0.05, 0) is 40.8 Å². The Balaban J connectivity index is 2.15. The summed E-state index contributed by atoms with van der Waals surface area (Å²) in [5.41, 5.74) is -0.111. The van der Waals surface area contributed by atoms with Gasteiger partial charge in [0.2, 0.25) is 5.75 Å². The average Bonchev–Trinajstić information content (AvgIpc) is 2.46. The lowest BCUT2D eigenvalue weighted by Gasteiger charge is -2.07. The molecule has 0 N–H and O–H groups in total. The number of Topliss-reactive ketones (excluding diaryl/α,β-unsaturated/α-hetero) is 1. The van der Waals surface area contributed by atoms with Gasteiger partial charge in [-0.15, -0.1) is 0 Å². The number of para-hydroxylation sites is 1. The van der Waals surface area contributed by atoms with Crippen molar-refractivity contribution < 1.29 is 18.8 Å². The van der Waals surface area contributed by atoms with Gasteiger partial charge in [0.05, 0.1) is 4.92 Å². The number of hydrogen-bond acceptors (Lipinski definition) is 4. The highest BCUT2D eigenvalue weighted by atomic mass is 127. The normalized spacial score (nSPS) is 10.2. The highest BCUT2D eigenvalue weighted by Crippen LogP contribution is 2.29. The molecule has 0 unspecified atom stereocenters. The molecule has 0 aliphatic rings. The Morgan fingerprint density at radius 2 is 1.90 bits per heavy atom. The van der Waals surface area contributed by atoms with E-state index in [-0.39, 0.29) is 5.78 Å². The summed E-state index contributed by atoms with van der Waals surface area (Å²) in [6.07, 6.45) is 0. The van der Waals surface area contributed by atoms with E-state index in [0.717, 1.165) is 15.7 Å². The summed E-state index contributed by atoms with van der Waals surface area (Å²) in [7, 11) is 0. The van der Waals surface area contributed by atoms with Crippen molar-refractivity contribution in [3.8, 4) is 5.75 Å². The number of ketones is 1. The number of carbonyl (C=O) groups is 1. The van der Waals surface area contributed by atoms with Gasteiger partial charge in [0.1, 0.15) is 0 Å². The van der Waals surface area contributed by atoms with Crippen LogP contribution in [0.4, 0.5) is 10.1 Å². The van der Waals surface area contributed by atoms with E-state index in [1.807, 2.05) is 0 Å². The maximum Gasteiger partial charge on any atom is 0.314 e. The molecule has 0 atom stereocenters. The minimum absolute atomic E-state index is 0.385. The van der Waals surface area contributed by atoms with Crippen molar-refractivity contribution in [3.05, 3.63) is 67.5 Å². The number of hydrogen-bond donors (Lipinski definition) is 0. The standard InChI is InChI=1S/C14H9FINO4/c15-11-2-1-3-12(17(19)20)14(11)21-8-13(18)9-4-6-10(16)7-5-9/h1-7H,8H2. The summed E-state index contributed by atoms with van der Waals surface area (Å²) in [4.78, 5) is 21.9. The Labute approximate surface area is 133 Å². The van der Waals surface area contributed by atoms with Crippen molar-refractivity contribution in [2.24, 2.45) is 0 Å². The molecule has 0 aliphatic heterocycles. The van der Waals surface area contributed by atoms with E-state index in [9.17, 15) is 19.3 Å². The van der Waals surface area contributed by atoms with Gasteiger partial charge in [0.15, 0.2) is 18.2 Å². The quantitative estimate of drug-likeness (QED) is 0.332. The van der Waals surface area contributed by atoms with Crippen LogP contribution in [0.15, 0.2) is 42.5 Å². The van der Waals surface area contributed by atoms with E-state index in [2.05, 4.69) is 22.6 Å². The third-order valence-electron chi connectivity index (χ3n) is 2.66. The lowest BCUT2D eigenvalue weighted by atomic mass is 10.1. The van der Waals surface area contributed by atoms with Gasteiger partial charge in [-0.25, -0.2) is 4.39 Å². The Morgan fingerprint density at radius 3 is 2.52 bits per heavy atom. The highest BCUT2D eigenvalue weighted by Gasteiger charge is 2.20. The first-order valence-corrected chi connectivity index (χ1v) is 6.91. The fraction of sp³-hybridized carbons (Fsp3) is 0.0714. The molecule has 0 spiro atoms. The number of ether oxygens (including phenoxy) is 1. The second-order valence-electron chi connectivity index (χ2n) is 4.06. The molecular weight excluding hydrogens is 392 g/mol. The molecular formula is C14H9FINO4. The van der Waals surface area contributed by atoms with Gasteiger partial charge in [0.25, 0.3) is 0 Å². The van der Waals surface area contributed by atoms with Crippen LogP contribution in [0.1, 0.15) is 10.4 Å². The van der Waals surface area contributed by atoms with Crippen molar-refractivity contribution in [2.45, 2.75) is 0 Å². The number of benzene rings is 2. The van der Waals surface area contributed by atoms with Crippen LogP contribution in [0.2, 0.25) is 0 Å². The number of nitro benzene ring substituents is 1. The molecule has 7 heteroatoms. The second-order valence-corrected chi connectivity index (χ2v) is 5.31.